The summed E-state index contributed by atoms with van der Waals surface area (Å²) in [5.41, 5.74) is 10.1. The molecule has 0 bridgehead atoms. The third kappa shape index (κ3) is 6.18. The van der Waals surface area contributed by atoms with Crippen molar-refractivity contribution in [2.45, 2.75) is 183 Å². The Bertz CT molecular complexity index is 699. The largest absolute Gasteiger partial charge is 0.118 e. The molecule has 0 saturated heterocycles. The first-order valence-electron chi connectivity index (χ1n) is 16.1. The molecule has 0 nitrogen and oxygen atoms in total. The Morgan fingerprint density at radius 2 is 0.943 bits per heavy atom. The Labute approximate surface area is 221 Å². The van der Waals surface area contributed by atoms with Gasteiger partial charge in [0, 0.05) is 11.2 Å². The van der Waals surface area contributed by atoms with E-state index in [9.17, 15) is 0 Å². The van der Waals surface area contributed by atoms with Crippen LogP contribution in [0.25, 0.3) is 0 Å². The van der Waals surface area contributed by atoms with Crippen LogP contribution < -0.4 is 0 Å². The topological polar surface area (TPSA) is 0 Å². The maximum Gasteiger partial charge on any atom is 0.00497 e. The molecule has 0 spiro atoms. The lowest BCUT2D eigenvalue weighted by atomic mass is 9.92. The average molecular weight is 515 g/mol. The number of rotatable bonds is 7. The van der Waals surface area contributed by atoms with E-state index in [1.165, 1.54) is 83.5 Å². The van der Waals surface area contributed by atoms with Gasteiger partial charge < -0.3 is 0 Å². The van der Waals surface area contributed by atoms with Gasteiger partial charge in [-0.05, 0) is 98.1 Å². The predicted octanol–water partition coefficient (Wildman–Crippen LogP) is 11.5. The van der Waals surface area contributed by atoms with Gasteiger partial charge in [0.2, 0.25) is 0 Å². The molecule has 0 N–H and O–H groups in total. The zero-order valence-corrected chi connectivity index (χ0v) is 25.4. The van der Waals surface area contributed by atoms with Gasteiger partial charge in [-0.1, -0.05) is 107 Å². The van der Waals surface area contributed by atoms with E-state index >= 15 is 0 Å². The van der Waals surface area contributed by atoms with Crippen LogP contribution in [-0.2, 0) is 0 Å². The summed E-state index contributed by atoms with van der Waals surface area (Å²) in [7, 11) is 0.0867. The van der Waals surface area contributed by atoms with Crippen molar-refractivity contribution < 1.29 is 0 Å². The van der Waals surface area contributed by atoms with Crippen LogP contribution in [0.4, 0.5) is 0 Å². The first-order valence-corrected chi connectivity index (χ1v) is 19.0. The molecule has 0 aromatic heterocycles. The van der Waals surface area contributed by atoms with Gasteiger partial charge in [-0.25, -0.2) is 0 Å². The Morgan fingerprint density at radius 1 is 0.571 bits per heavy atom. The van der Waals surface area contributed by atoms with Crippen LogP contribution in [0.2, 0.25) is 0 Å². The van der Waals surface area contributed by atoms with E-state index in [2.05, 4.69) is 26.5 Å². The number of hydrogen-bond acceptors (Lipinski definition) is 0. The molecular weight excluding hydrogens is 458 g/mol. The lowest BCUT2D eigenvalue weighted by Crippen LogP contribution is -2.39. The van der Waals surface area contributed by atoms with Gasteiger partial charge in [-0.2, -0.15) is 0 Å². The van der Waals surface area contributed by atoms with Gasteiger partial charge in [0.05, 0.1) is 0 Å². The number of allylic oxidation sites excluding steroid dienone is 1. The third-order valence-corrected chi connectivity index (χ3v) is 18.7. The lowest BCUT2D eigenvalue weighted by Gasteiger charge is -2.52. The van der Waals surface area contributed by atoms with Crippen molar-refractivity contribution in [3.8, 4) is 0 Å². The highest BCUT2D eigenvalue weighted by Crippen LogP contribution is 2.72. The molecule has 0 radical (unpaired) electrons. The summed E-state index contributed by atoms with van der Waals surface area (Å²) in [6.45, 7) is 8.07. The Hall–Kier alpha value is 0.380. The highest BCUT2D eigenvalue weighted by molar-refractivity contribution is 7.64. The van der Waals surface area contributed by atoms with Crippen molar-refractivity contribution in [3.05, 3.63) is 16.6 Å². The molecule has 198 valence electrons. The van der Waals surface area contributed by atoms with Crippen molar-refractivity contribution in [2.24, 2.45) is 5.92 Å². The van der Waals surface area contributed by atoms with Gasteiger partial charge in [-0.3, -0.25) is 0 Å². The molecule has 1 atom stereocenters. The Balaban J connectivity index is 1.47. The van der Waals surface area contributed by atoms with E-state index in [4.69, 9.17) is 0 Å². The fourth-order valence-electron chi connectivity index (χ4n) is 9.14. The molecule has 5 rings (SSSR count). The van der Waals surface area contributed by atoms with Crippen LogP contribution in [0.15, 0.2) is 16.6 Å². The minimum Gasteiger partial charge on any atom is -0.118 e. The summed E-state index contributed by atoms with van der Waals surface area (Å²) in [6, 6.07) is 0. The van der Waals surface area contributed by atoms with Crippen molar-refractivity contribution in [1.82, 2.24) is 0 Å². The van der Waals surface area contributed by atoms with E-state index in [0.717, 1.165) is 28.6 Å². The first-order chi connectivity index (χ1) is 17.1. The van der Waals surface area contributed by atoms with E-state index < -0.39 is 0 Å². The highest BCUT2D eigenvalue weighted by atomic mass is 31.1. The van der Waals surface area contributed by atoms with E-state index in [-0.39, 0.29) is 15.8 Å². The normalized spacial score (nSPS) is 29.1. The SMILES string of the molecule is CC1=C=C(P(C2CCCCC2)C2CCCCC2)[C@H](C(C)(C)P(C2CCCCC2)C2CCCCC2)C1. The fraction of sp³-hybridized carbons (Fsp3) is 0.909. The minimum absolute atomic E-state index is 0.00712. The van der Waals surface area contributed by atoms with Crippen molar-refractivity contribution in [2.75, 3.05) is 0 Å². The van der Waals surface area contributed by atoms with E-state index in [1.54, 1.807) is 56.9 Å². The maximum atomic E-state index is 4.24. The molecule has 4 saturated carbocycles. The van der Waals surface area contributed by atoms with Crippen molar-refractivity contribution >= 4 is 15.8 Å². The lowest BCUT2D eigenvalue weighted by molar-refractivity contribution is 0.440. The smallest absolute Gasteiger partial charge is 0.00497 e. The fourth-order valence-corrected chi connectivity index (χ4v) is 18.5. The van der Waals surface area contributed by atoms with Crippen LogP contribution >= 0.6 is 15.8 Å². The highest BCUT2D eigenvalue weighted by Gasteiger charge is 2.49. The third-order valence-electron chi connectivity index (χ3n) is 10.9. The van der Waals surface area contributed by atoms with Crippen LogP contribution in [0.1, 0.15) is 156 Å². The molecule has 0 aliphatic heterocycles. The second-order valence-corrected chi connectivity index (χ2v) is 19.9. The Kier molecular flexibility index (Phi) is 9.62. The average Bonchev–Trinajstić information content (AvgIpc) is 3.29. The summed E-state index contributed by atoms with van der Waals surface area (Å²) in [5.74, 6) is 0.826. The summed E-state index contributed by atoms with van der Waals surface area (Å²) in [5, 5.41) is 2.45. The second-order valence-electron chi connectivity index (χ2n) is 13.7. The van der Waals surface area contributed by atoms with Crippen LogP contribution in [0.3, 0.4) is 0 Å². The van der Waals surface area contributed by atoms with E-state index in [0.29, 0.717) is 5.16 Å². The van der Waals surface area contributed by atoms with Crippen molar-refractivity contribution in [3.63, 3.8) is 0 Å². The van der Waals surface area contributed by atoms with Crippen molar-refractivity contribution in [1.29, 1.82) is 0 Å². The first kappa shape index (κ1) is 27.0. The van der Waals surface area contributed by atoms with Crippen LogP contribution in [0.5, 0.6) is 0 Å². The molecule has 5 aliphatic rings. The van der Waals surface area contributed by atoms with Crippen LogP contribution in [-0.4, -0.2) is 27.8 Å². The van der Waals surface area contributed by atoms with Gasteiger partial charge in [0.15, 0.2) is 0 Å². The molecule has 0 aromatic carbocycles. The Morgan fingerprint density at radius 3 is 1.34 bits per heavy atom. The zero-order chi connectivity index (χ0) is 24.3. The molecule has 2 heteroatoms. The monoisotopic (exact) mass is 514 g/mol. The van der Waals surface area contributed by atoms with Gasteiger partial charge in [0.1, 0.15) is 0 Å². The molecule has 0 aromatic rings. The van der Waals surface area contributed by atoms with Gasteiger partial charge >= 0.3 is 0 Å². The standard InChI is InChI=1S/C33H56P2/c1-26-24-31(32(25-26)34(27-16-8-4-9-17-27)28-18-10-5-11-19-28)33(2,3)35(29-20-12-6-13-21-29)30-22-14-7-15-23-30/h27-31H,4-24H2,1-3H3/t31-/m1/s1. The molecule has 0 amide bonds. The summed E-state index contributed by atoms with van der Waals surface area (Å²) in [4.78, 5) is 0. The molecule has 5 aliphatic carbocycles. The maximum absolute atomic E-state index is 4.24. The van der Waals surface area contributed by atoms with E-state index in [1.807, 2.05) is 5.31 Å². The number of hydrogen-bond donors (Lipinski definition) is 0. The molecule has 0 unspecified atom stereocenters. The summed E-state index contributed by atoms with van der Waals surface area (Å²) in [6.07, 6.45) is 31.9. The zero-order valence-electron chi connectivity index (χ0n) is 23.6. The predicted molar refractivity (Wildman–Crippen MR) is 160 cm³/mol. The summed E-state index contributed by atoms with van der Waals surface area (Å²) < 4.78 is 0. The molecule has 0 heterocycles. The molecule has 35 heavy (non-hydrogen) atoms. The van der Waals surface area contributed by atoms with Gasteiger partial charge in [0.25, 0.3) is 0 Å². The molecule has 4 fully saturated rings. The quantitative estimate of drug-likeness (QED) is 0.234. The molecular formula is C33H56P2. The summed E-state index contributed by atoms with van der Waals surface area (Å²) >= 11 is 0. The second kappa shape index (κ2) is 12.5. The minimum atomic E-state index is 0.00712. The van der Waals surface area contributed by atoms with Crippen LogP contribution in [0, 0.1) is 5.92 Å². The van der Waals surface area contributed by atoms with Gasteiger partial charge in [-0.15, -0.1) is 5.73 Å².